The van der Waals surface area contributed by atoms with Crippen LogP contribution in [-0.2, 0) is 7.05 Å². The van der Waals surface area contributed by atoms with E-state index in [2.05, 4.69) is 21.0 Å². The van der Waals surface area contributed by atoms with Gasteiger partial charge in [0.1, 0.15) is 10.2 Å². The molecule has 0 N–H and O–H groups in total. The lowest BCUT2D eigenvalue weighted by Crippen LogP contribution is -1.96. The predicted octanol–water partition coefficient (Wildman–Crippen LogP) is 1.00. The zero-order valence-electron chi connectivity index (χ0n) is 6.17. The molecule has 0 unspecified atom stereocenters. The van der Waals surface area contributed by atoms with Gasteiger partial charge in [-0.3, -0.25) is 4.79 Å². The van der Waals surface area contributed by atoms with E-state index in [1.807, 2.05) is 0 Å². The number of carbonyl (C=O) groups is 1. The van der Waals surface area contributed by atoms with E-state index in [1.165, 1.54) is 11.8 Å². The number of aldehydes is 1. The standard InChI is InChI=1S/C6H7BrN2O2/c1-9-6(11-2)4(3-10)5(7)8-9/h3H,1-2H3. The van der Waals surface area contributed by atoms with E-state index < -0.39 is 0 Å². The van der Waals surface area contributed by atoms with Crippen molar-refractivity contribution in [2.45, 2.75) is 0 Å². The first kappa shape index (κ1) is 8.26. The number of hydrogen-bond acceptors (Lipinski definition) is 3. The van der Waals surface area contributed by atoms with Crippen molar-refractivity contribution in [1.29, 1.82) is 0 Å². The maximum absolute atomic E-state index is 10.5. The summed E-state index contributed by atoms with van der Waals surface area (Å²) in [7, 11) is 3.20. The van der Waals surface area contributed by atoms with Crippen molar-refractivity contribution in [1.82, 2.24) is 9.78 Å². The Morgan fingerprint density at radius 1 is 1.73 bits per heavy atom. The molecule has 0 amide bonds. The predicted molar refractivity (Wildman–Crippen MR) is 42.8 cm³/mol. The van der Waals surface area contributed by atoms with Crippen molar-refractivity contribution in [2.75, 3.05) is 7.11 Å². The van der Waals surface area contributed by atoms with Crippen molar-refractivity contribution in [2.24, 2.45) is 7.05 Å². The zero-order chi connectivity index (χ0) is 8.43. The van der Waals surface area contributed by atoms with Crippen LogP contribution in [0, 0.1) is 0 Å². The second-order valence-corrected chi connectivity index (χ2v) is 2.71. The third-order valence-electron chi connectivity index (χ3n) is 1.30. The summed E-state index contributed by atoms with van der Waals surface area (Å²) in [5.74, 6) is 0.465. The molecule has 5 heteroatoms. The molecule has 0 atom stereocenters. The largest absolute Gasteiger partial charge is 0.481 e. The van der Waals surface area contributed by atoms with E-state index in [0.29, 0.717) is 22.3 Å². The van der Waals surface area contributed by atoms with Crippen LogP contribution in [0.25, 0.3) is 0 Å². The Labute approximate surface area is 72.3 Å². The number of ether oxygens (including phenoxy) is 1. The highest BCUT2D eigenvalue weighted by Gasteiger charge is 2.12. The molecule has 0 aromatic carbocycles. The summed E-state index contributed by atoms with van der Waals surface area (Å²) in [6, 6.07) is 0. The lowest BCUT2D eigenvalue weighted by Gasteiger charge is -1.97. The smallest absolute Gasteiger partial charge is 0.223 e. The second-order valence-electron chi connectivity index (χ2n) is 1.96. The lowest BCUT2D eigenvalue weighted by atomic mass is 10.4. The molecule has 0 saturated heterocycles. The van der Waals surface area contributed by atoms with Gasteiger partial charge in [0.25, 0.3) is 0 Å². The van der Waals surface area contributed by atoms with Gasteiger partial charge in [0.2, 0.25) is 5.88 Å². The minimum atomic E-state index is 0.440. The van der Waals surface area contributed by atoms with E-state index >= 15 is 0 Å². The quantitative estimate of drug-likeness (QED) is 0.697. The van der Waals surface area contributed by atoms with Gasteiger partial charge in [-0.25, -0.2) is 4.68 Å². The number of aromatic nitrogens is 2. The maximum Gasteiger partial charge on any atom is 0.223 e. The highest BCUT2D eigenvalue weighted by atomic mass is 79.9. The maximum atomic E-state index is 10.5. The van der Waals surface area contributed by atoms with Crippen LogP contribution in [0.4, 0.5) is 0 Å². The van der Waals surface area contributed by atoms with Gasteiger partial charge >= 0.3 is 0 Å². The average molecular weight is 219 g/mol. The van der Waals surface area contributed by atoms with Crippen LogP contribution in [0.2, 0.25) is 0 Å². The Kier molecular flexibility index (Phi) is 2.28. The van der Waals surface area contributed by atoms with Crippen molar-refractivity contribution in [3.63, 3.8) is 0 Å². The minimum Gasteiger partial charge on any atom is -0.481 e. The molecule has 60 valence electrons. The monoisotopic (exact) mass is 218 g/mol. The molecule has 0 aliphatic heterocycles. The van der Waals surface area contributed by atoms with Gasteiger partial charge < -0.3 is 4.74 Å². The first-order valence-electron chi connectivity index (χ1n) is 2.92. The highest BCUT2D eigenvalue weighted by Crippen LogP contribution is 2.22. The van der Waals surface area contributed by atoms with Crippen molar-refractivity contribution in [3.8, 4) is 5.88 Å². The SMILES string of the molecule is COc1c(C=O)c(Br)nn1C. The fraction of sp³-hybridized carbons (Fsp3) is 0.333. The molecule has 0 aliphatic rings. The Hall–Kier alpha value is -0.840. The third kappa shape index (κ3) is 1.28. The van der Waals surface area contributed by atoms with Gasteiger partial charge in [-0.15, -0.1) is 0 Å². The highest BCUT2D eigenvalue weighted by molar-refractivity contribution is 9.10. The summed E-state index contributed by atoms with van der Waals surface area (Å²) >= 11 is 3.13. The normalized spacial score (nSPS) is 9.73. The summed E-state index contributed by atoms with van der Waals surface area (Å²) in [6.45, 7) is 0. The molecule has 1 aromatic rings. The molecular formula is C6H7BrN2O2. The van der Waals surface area contributed by atoms with Crippen LogP contribution in [-0.4, -0.2) is 23.2 Å². The van der Waals surface area contributed by atoms with Crippen LogP contribution in [0.3, 0.4) is 0 Å². The Balaban J connectivity index is 3.28. The number of hydrogen-bond donors (Lipinski definition) is 0. The molecule has 0 saturated carbocycles. The molecule has 0 aliphatic carbocycles. The zero-order valence-corrected chi connectivity index (χ0v) is 7.75. The molecule has 1 heterocycles. The fourth-order valence-electron chi connectivity index (χ4n) is 0.835. The van der Waals surface area contributed by atoms with Crippen LogP contribution < -0.4 is 4.74 Å². The van der Waals surface area contributed by atoms with Gasteiger partial charge in [-0.05, 0) is 15.9 Å². The molecule has 11 heavy (non-hydrogen) atoms. The number of carbonyl (C=O) groups excluding carboxylic acids is 1. The fourth-order valence-corrected chi connectivity index (χ4v) is 1.34. The van der Waals surface area contributed by atoms with E-state index in [-0.39, 0.29) is 0 Å². The molecule has 0 fully saturated rings. The van der Waals surface area contributed by atoms with Gasteiger partial charge in [-0.1, -0.05) is 0 Å². The first-order chi connectivity index (χ1) is 5.20. The number of rotatable bonds is 2. The average Bonchev–Trinajstić information content (AvgIpc) is 2.24. The van der Waals surface area contributed by atoms with Crippen LogP contribution in [0.5, 0.6) is 5.88 Å². The molecule has 0 bridgehead atoms. The van der Waals surface area contributed by atoms with Crippen LogP contribution >= 0.6 is 15.9 Å². The molecule has 0 radical (unpaired) electrons. The summed E-state index contributed by atoms with van der Waals surface area (Å²) in [6.07, 6.45) is 0.704. The van der Waals surface area contributed by atoms with E-state index in [4.69, 9.17) is 4.74 Å². The van der Waals surface area contributed by atoms with Crippen molar-refractivity contribution >= 4 is 22.2 Å². The summed E-state index contributed by atoms with van der Waals surface area (Å²) in [5, 5.41) is 3.93. The number of methoxy groups -OCH3 is 1. The summed E-state index contributed by atoms with van der Waals surface area (Å²) in [5.41, 5.74) is 0.440. The Morgan fingerprint density at radius 3 is 2.73 bits per heavy atom. The number of halogens is 1. The molecule has 4 nitrogen and oxygen atoms in total. The Bertz CT molecular complexity index is 282. The Morgan fingerprint density at radius 2 is 2.36 bits per heavy atom. The van der Waals surface area contributed by atoms with Crippen molar-refractivity contribution < 1.29 is 9.53 Å². The number of nitrogens with zero attached hydrogens (tertiary/aromatic N) is 2. The summed E-state index contributed by atoms with van der Waals surface area (Å²) < 4.78 is 6.93. The molecule has 1 aromatic heterocycles. The van der Waals surface area contributed by atoms with Gasteiger partial charge in [0, 0.05) is 7.05 Å². The van der Waals surface area contributed by atoms with Crippen LogP contribution in [0.15, 0.2) is 4.60 Å². The van der Waals surface area contributed by atoms with Gasteiger partial charge in [0.15, 0.2) is 6.29 Å². The summed E-state index contributed by atoms with van der Waals surface area (Å²) in [4.78, 5) is 10.5. The first-order valence-corrected chi connectivity index (χ1v) is 3.71. The lowest BCUT2D eigenvalue weighted by molar-refractivity contribution is 0.111. The van der Waals surface area contributed by atoms with Gasteiger partial charge in [-0.2, -0.15) is 5.10 Å². The molecular weight excluding hydrogens is 212 g/mol. The number of aryl methyl sites for hydroxylation is 1. The molecule has 0 spiro atoms. The van der Waals surface area contributed by atoms with Gasteiger partial charge in [0.05, 0.1) is 7.11 Å². The topological polar surface area (TPSA) is 44.1 Å². The van der Waals surface area contributed by atoms with Crippen LogP contribution in [0.1, 0.15) is 10.4 Å². The van der Waals surface area contributed by atoms with E-state index in [9.17, 15) is 4.79 Å². The molecule has 1 rings (SSSR count). The van der Waals surface area contributed by atoms with E-state index in [1.54, 1.807) is 7.05 Å². The minimum absolute atomic E-state index is 0.440. The second kappa shape index (κ2) is 3.04. The van der Waals surface area contributed by atoms with E-state index in [0.717, 1.165) is 0 Å². The van der Waals surface area contributed by atoms with Crippen molar-refractivity contribution in [3.05, 3.63) is 10.2 Å². The third-order valence-corrected chi connectivity index (χ3v) is 1.88.